The fraction of sp³-hybridized carbons (Fsp3) is 0.526. The molecule has 2 aromatic heterocycles. The summed E-state index contributed by atoms with van der Waals surface area (Å²) in [6.07, 6.45) is 6.23. The maximum Gasteiger partial charge on any atom is 0.243 e. The average molecular weight is 339 g/mol. The molecule has 1 fully saturated rings. The molecule has 6 nitrogen and oxygen atoms in total. The van der Waals surface area contributed by atoms with Crippen LogP contribution in [0.1, 0.15) is 56.9 Å². The van der Waals surface area contributed by atoms with Gasteiger partial charge < -0.3 is 9.09 Å². The normalized spacial score (nSPS) is 20.2. The van der Waals surface area contributed by atoms with Gasteiger partial charge in [-0.3, -0.25) is 4.90 Å². The van der Waals surface area contributed by atoms with Crippen LogP contribution in [0.3, 0.4) is 0 Å². The lowest BCUT2D eigenvalue weighted by Crippen LogP contribution is -2.38. The van der Waals surface area contributed by atoms with E-state index in [1.807, 2.05) is 12.4 Å². The third-order valence-electron chi connectivity index (χ3n) is 5.16. The summed E-state index contributed by atoms with van der Waals surface area (Å²) in [6, 6.07) is 8.93. The topological polar surface area (TPSA) is 60.0 Å². The Balaban J connectivity index is 1.52. The van der Waals surface area contributed by atoms with Crippen LogP contribution in [0.15, 0.2) is 35.1 Å². The highest BCUT2D eigenvalue weighted by Crippen LogP contribution is 2.30. The lowest BCUT2D eigenvalue weighted by molar-refractivity contribution is 0.115. The van der Waals surface area contributed by atoms with E-state index in [-0.39, 0.29) is 6.04 Å². The Morgan fingerprint density at radius 2 is 2.20 bits per heavy atom. The number of rotatable bonds is 5. The summed E-state index contributed by atoms with van der Waals surface area (Å²) < 4.78 is 7.83. The second kappa shape index (κ2) is 6.96. The van der Waals surface area contributed by atoms with E-state index < -0.39 is 0 Å². The molecule has 0 bridgehead atoms. The van der Waals surface area contributed by atoms with Gasteiger partial charge in [0.15, 0.2) is 5.82 Å². The molecule has 1 saturated heterocycles. The molecule has 0 radical (unpaired) electrons. The first-order chi connectivity index (χ1) is 12.3. The first-order valence-electron chi connectivity index (χ1n) is 9.24. The van der Waals surface area contributed by atoms with Crippen LogP contribution in [0.5, 0.6) is 0 Å². The van der Waals surface area contributed by atoms with Crippen LogP contribution in [0.2, 0.25) is 0 Å². The Hall–Kier alpha value is -2.21. The molecule has 132 valence electrons. The average Bonchev–Trinajstić information content (AvgIpc) is 3.28. The summed E-state index contributed by atoms with van der Waals surface area (Å²) >= 11 is 0. The van der Waals surface area contributed by atoms with Crippen molar-refractivity contribution < 1.29 is 4.52 Å². The number of imidazole rings is 1. The number of aryl methyl sites for hydroxylation is 1. The Labute approximate surface area is 147 Å². The standard InChI is InChI=1S/C19H25N5O/c1-3-7-18-21-19(25-22-18)14(2)23-11-6-8-15(12-23)24-13-20-16-9-4-5-10-17(16)24/h4-5,9-10,13-15H,3,6-8,11-12H2,1-2H3/t14-,15-/m1/s1. The van der Waals surface area contributed by atoms with Crippen LogP contribution < -0.4 is 0 Å². The van der Waals surface area contributed by atoms with Crippen molar-refractivity contribution in [1.29, 1.82) is 0 Å². The monoisotopic (exact) mass is 339 g/mol. The summed E-state index contributed by atoms with van der Waals surface area (Å²) in [4.78, 5) is 11.6. The number of hydrogen-bond donors (Lipinski definition) is 0. The van der Waals surface area contributed by atoms with Gasteiger partial charge in [-0.25, -0.2) is 4.98 Å². The fourth-order valence-corrected chi connectivity index (χ4v) is 3.75. The molecule has 1 aromatic carbocycles. The third kappa shape index (κ3) is 3.18. The van der Waals surface area contributed by atoms with Gasteiger partial charge in [-0.05, 0) is 44.9 Å². The van der Waals surface area contributed by atoms with Crippen molar-refractivity contribution in [1.82, 2.24) is 24.6 Å². The zero-order valence-electron chi connectivity index (χ0n) is 14.9. The highest BCUT2D eigenvalue weighted by molar-refractivity contribution is 5.75. The summed E-state index contributed by atoms with van der Waals surface area (Å²) in [5.41, 5.74) is 2.28. The minimum Gasteiger partial charge on any atom is -0.338 e. The van der Waals surface area contributed by atoms with E-state index in [9.17, 15) is 0 Å². The Morgan fingerprint density at radius 3 is 3.08 bits per heavy atom. The Bertz CT molecular complexity index is 839. The van der Waals surface area contributed by atoms with Crippen LogP contribution in [-0.2, 0) is 6.42 Å². The van der Waals surface area contributed by atoms with Crippen LogP contribution in [-0.4, -0.2) is 37.7 Å². The molecule has 1 aliphatic heterocycles. The van der Waals surface area contributed by atoms with Crippen molar-refractivity contribution in [3.8, 4) is 0 Å². The molecule has 0 N–H and O–H groups in total. The summed E-state index contributed by atoms with van der Waals surface area (Å²) in [5, 5.41) is 4.10. The van der Waals surface area contributed by atoms with Crippen molar-refractivity contribution in [2.45, 2.75) is 51.6 Å². The number of likely N-dealkylation sites (tertiary alicyclic amines) is 1. The number of fused-ring (bicyclic) bond motifs is 1. The van der Waals surface area contributed by atoms with Gasteiger partial charge in [0, 0.05) is 19.0 Å². The van der Waals surface area contributed by atoms with Gasteiger partial charge in [0.2, 0.25) is 5.89 Å². The van der Waals surface area contributed by atoms with Gasteiger partial charge in [-0.1, -0.05) is 24.2 Å². The van der Waals surface area contributed by atoms with E-state index in [1.54, 1.807) is 0 Å². The third-order valence-corrected chi connectivity index (χ3v) is 5.16. The highest BCUT2D eigenvalue weighted by atomic mass is 16.5. The van der Waals surface area contributed by atoms with Crippen molar-refractivity contribution >= 4 is 11.0 Å². The number of aromatic nitrogens is 4. The van der Waals surface area contributed by atoms with Crippen molar-refractivity contribution in [2.75, 3.05) is 13.1 Å². The predicted molar refractivity (Wildman–Crippen MR) is 96.3 cm³/mol. The fourth-order valence-electron chi connectivity index (χ4n) is 3.75. The lowest BCUT2D eigenvalue weighted by Gasteiger charge is -2.36. The molecule has 0 saturated carbocycles. The first-order valence-corrected chi connectivity index (χ1v) is 9.24. The minimum atomic E-state index is 0.149. The van der Waals surface area contributed by atoms with E-state index in [1.165, 1.54) is 11.9 Å². The molecular weight excluding hydrogens is 314 g/mol. The number of hydrogen-bond acceptors (Lipinski definition) is 5. The Morgan fingerprint density at radius 1 is 1.32 bits per heavy atom. The SMILES string of the molecule is CCCc1noc([C@@H](C)N2CCC[C@@H](n3cnc4ccccc43)C2)n1. The van der Waals surface area contributed by atoms with E-state index in [2.05, 4.69) is 56.6 Å². The van der Waals surface area contributed by atoms with Crippen molar-refractivity contribution in [3.63, 3.8) is 0 Å². The zero-order chi connectivity index (χ0) is 17.2. The smallest absolute Gasteiger partial charge is 0.243 e. The number of piperidine rings is 1. The quantitative estimate of drug-likeness (QED) is 0.708. The molecule has 0 aliphatic carbocycles. The molecule has 4 rings (SSSR count). The Kier molecular flexibility index (Phi) is 4.53. The number of para-hydroxylation sites is 2. The van der Waals surface area contributed by atoms with E-state index in [0.717, 1.165) is 49.6 Å². The first kappa shape index (κ1) is 16.3. The summed E-state index contributed by atoms with van der Waals surface area (Å²) in [6.45, 7) is 6.34. The molecule has 0 unspecified atom stereocenters. The molecular formula is C19H25N5O. The van der Waals surface area contributed by atoms with Crippen LogP contribution in [0.25, 0.3) is 11.0 Å². The molecule has 0 amide bonds. The maximum atomic E-state index is 5.51. The van der Waals surface area contributed by atoms with Crippen LogP contribution in [0.4, 0.5) is 0 Å². The van der Waals surface area contributed by atoms with Gasteiger partial charge in [-0.15, -0.1) is 0 Å². The largest absolute Gasteiger partial charge is 0.338 e. The number of benzene rings is 1. The molecule has 3 aromatic rings. The second-order valence-electron chi connectivity index (χ2n) is 6.91. The second-order valence-corrected chi connectivity index (χ2v) is 6.91. The predicted octanol–water partition coefficient (Wildman–Crippen LogP) is 3.77. The van der Waals surface area contributed by atoms with Gasteiger partial charge in [0.1, 0.15) is 0 Å². The zero-order valence-corrected chi connectivity index (χ0v) is 14.9. The molecule has 1 aliphatic rings. The van der Waals surface area contributed by atoms with Crippen molar-refractivity contribution in [3.05, 3.63) is 42.3 Å². The highest BCUT2D eigenvalue weighted by Gasteiger charge is 2.28. The lowest BCUT2D eigenvalue weighted by atomic mass is 10.0. The summed E-state index contributed by atoms with van der Waals surface area (Å²) in [5.74, 6) is 1.55. The van der Waals surface area contributed by atoms with Crippen LogP contribution >= 0.6 is 0 Å². The van der Waals surface area contributed by atoms with E-state index in [4.69, 9.17) is 4.52 Å². The molecule has 3 heterocycles. The van der Waals surface area contributed by atoms with E-state index >= 15 is 0 Å². The molecule has 2 atom stereocenters. The maximum absolute atomic E-state index is 5.51. The van der Waals surface area contributed by atoms with Gasteiger partial charge in [-0.2, -0.15) is 4.98 Å². The van der Waals surface area contributed by atoms with Crippen LogP contribution in [0, 0.1) is 0 Å². The molecule has 0 spiro atoms. The van der Waals surface area contributed by atoms with Gasteiger partial charge in [0.05, 0.1) is 23.4 Å². The number of nitrogens with zero attached hydrogens (tertiary/aromatic N) is 5. The molecule has 6 heteroatoms. The minimum absolute atomic E-state index is 0.149. The summed E-state index contributed by atoms with van der Waals surface area (Å²) in [7, 11) is 0. The van der Waals surface area contributed by atoms with Gasteiger partial charge in [0.25, 0.3) is 0 Å². The molecule has 25 heavy (non-hydrogen) atoms. The van der Waals surface area contributed by atoms with Gasteiger partial charge >= 0.3 is 0 Å². The van der Waals surface area contributed by atoms with E-state index in [0.29, 0.717) is 6.04 Å². The van der Waals surface area contributed by atoms with Crippen molar-refractivity contribution in [2.24, 2.45) is 0 Å².